The van der Waals surface area contributed by atoms with E-state index in [-0.39, 0.29) is 5.82 Å². The molecule has 2 rings (SSSR count). The summed E-state index contributed by atoms with van der Waals surface area (Å²) in [5.74, 6) is 1.01. The fourth-order valence-corrected chi connectivity index (χ4v) is 1.38. The lowest BCUT2D eigenvalue weighted by molar-refractivity contribution is 0.531. The molecular formula is C10H7BrFNO. The highest BCUT2D eigenvalue weighted by Gasteiger charge is 2.04. The average Bonchev–Trinajstić information content (AvgIpc) is 2.67. The molecule has 0 saturated carbocycles. The molecule has 0 saturated heterocycles. The maximum absolute atomic E-state index is 12.6. The maximum Gasteiger partial charge on any atom is 0.205 e. The molecule has 14 heavy (non-hydrogen) atoms. The van der Waals surface area contributed by atoms with Crippen LogP contribution in [0.3, 0.4) is 0 Å². The smallest absolute Gasteiger partial charge is 0.205 e. The second-order valence-electron chi connectivity index (χ2n) is 2.76. The summed E-state index contributed by atoms with van der Waals surface area (Å²) in [6.07, 6.45) is 1.63. The zero-order chi connectivity index (χ0) is 9.97. The molecule has 2 nitrogen and oxygen atoms in total. The van der Waals surface area contributed by atoms with Crippen molar-refractivity contribution in [2.24, 2.45) is 0 Å². The lowest BCUT2D eigenvalue weighted by Gasteiger charge is -1.94. The SMILES string of the molecule is Fc1ccc(-c2cnc(CBr)o2)cc1. The summed E-state index contributed by atoms with van der Waals surface area (Å²) in [5.41, 5.74) is 0.825. The minimum atomic E-state index is -0.256. The van der Waals surface area contributed by atoms with Crippen molar-refractivity contribution in [3.8, 4) is 11.3 Å². The molecule has 1 aromatic carbocycles. The molecule has 0 fully saturated rings. The Balaban J connectivity index is 2.34. The Labute approximate surface area is 88.9 Å². The molecule has 0 aliphatic carbocycles. The van der Waals surface area contributed by atoms with Gasteiger partial charge in [-0.3, -0.25) is 0 Å². The molecule has 1 heterocycles. The topological polar surface area (TPSA) is 26.0 Å². The minimum absolute atomic E-state index is 0.256. The normalized spacial score (nSPS) is 10.4. The van der Waals surface area contributed by atoms with Crippen LogP contribution < -0.4 is 0 Å². The summed E-state index contributed by atoms with van der Waals surface area (Å²) in [6, 6.07) is 6.11. The van der Waals surface area contributed by atoms with E-state index in [1.165, 1.54) is 12.1 Å². The van der Waals surface area contributed by atoms with Crippen molar-refractivity contribution in [2.45, 2.75) is 5.33 Å². The molecule has 0 spiro atoms. The standard InChI is InChI=1S/C10H7BrFNO/c11-5-10-13-6-9(14-10)7-1-3-8(12)4-2-7/h1-4,6H,5H2. The summed E-state index contributed by atoms with van der Waals surface area (Å²) in [5, 5.41) is 0.578. The first-order valence-corrected chi connectivity index (χ1v) is 5.18. The van der Waals surface area contributed by atoms with Crippen LogP contribution in [0.2, 0.25) is 0 Å². The zero-order valence-corrected chi connectivity index (χ0v) is 8.79. The monoisotopic (exact) mass is 255 g/mol. The number of alkyl halides is 1. The predicted octanol–water partition coefficient (Wildman–Crippen LogP) is 3.38. The number of benzene rings is 1. The number of nitrogens with zero attached hydrogens (tertiary/aromatic N) is 1. The van der Waals surface area contributed by atoms with Crippen LogP contribution in [0.1, 0.15) is 5.89 Å². The second kappa shape index (κ2) is 3.92. The van der Waals surface area contributed by atoms with E-state index in [1.807, 2.05) is 0 Å². The number of halogens is 2. The third-order valence-corrected chi connectivity index (χ3v) is 2.28. The van der Waals surface area contributed by atoms with Gasteiger partial charge >= 0.3 is 0 Å². The van der Waals surface area contributed by atoms with E-state index in [2.05, 4.69) is 20.9 Å². The van der Waals surface area contributed by atoms with E-state index in [0.717, 1.165) is 5.56 Å². The van der Waals surface area contributed by atoms with Crippen LogP contribution in [0, 0.1) is 5.82 Å². The predicted molar refractivity (Wildman–Crippen MR) is 54.5 cm³/mol. The number of hydrogen-bond acceptors (Lipinski definition) is 2. The van der Waals surface area contributed by atoms with Gasteiger partial charge in [0.15, 0.2) is 5.76 Å². The van der Waals surface area contributed by atoms with E-state index in [0.29, 0.717) is 17.0 Å². The van der Waals surface area contributed by atoms with Gasteiger partial charge in [-0.1, -0.05) is 15.9 Å². The van der Waals surface area contributed by atoms with Gasteiger partial charge in [0.1, 0.15) is 5.82 Å². The first-order valence-electron chi connectivity index (χ1n) is 4.06. The molecule has 4 heteroatoms. The third kappa shape index (κ3) is 1.85. The Bertz CT molecular complexity index is 424. The number of oxazole rings is 1. The summed E-state index contributed by atoms with van der Waals surface area (Å²) < 4.78 is 18.0. The fourth-order valence-electron chi connectivity index (χ4n) is 1.12. The largest absolute Gasteiger partial charge is 0.440 e. The highest BCUT2D eigenvalue weighted by atomic mass is 79.9. The summed E-state index contributed by atoms with van der Waals surface area (Å²) in [7, 11) is 0. The lowest BCUT2D eigenvalue weighted by atomic mass is 10.2. The molecule has 0 bridgehead atoms. The molecule has 2 aromatic rings. The molecule has 72 valence electrons. The molecule has 0 radical (unpaired) electrons. The highest BCUT2D eigenvalue weighted by Crippen LogP contribution is 2.21. The first kappa shape index (κ1) is 9.40. The number of rotatable bonds is 2. The zero-order valence-electron chi connectivity index (χ0n) is 7.21. The van der Waals surface area contributed by atoms with Gasteiger partial charge in [-0.2, -0.15) is 0 Å². The van der Waals surface area contributed by atoms with Gasteiger partial charge in [0.25, 0.3) is 0 Å². The maximum atomic E-state index is 12.6. The van der Waals surface area contributed by atoms with Crippen LogP contribution in [0.4, 0.5) is 4.39 Å². The molecule has 0 aliphatic rings. The van der Waals surface area contributed by atoms with Crippen molar-refractivity contribution in [3.63, 3.8) is 0 Å². The van der Waals surface area contributed by atoms with Crippen molar-refractivity contribution < 1.29 is 8.81 Å². The van der Waals surface area contributed by atoms with Crippen LogP contribution >= 0.6 is 15.9 Å². The summed E-state index contributed by atoms with van der Waals surface area (Å²) in [6.45, 7) is 0. The van der Waals surface area contributed by atoms with Crippen molar-refractivity contribution in [2.75, 3.05) is 0 Å². The van der Waals surface area contributed by atoms with Gasteiger partial charge in [-0.15, -0.1) is 0 Å². The molecule has 0 N–H and O–H groups in total. The van der Waals surface area contributed by atoms with Gasteiger partial charge < -0.3 is 4.42 Å². The molecule has 0 unspecified atom stereocenters. The van der Waals surface area contributed by atoms with E-state index in [4.69, 9.17) is 4.42 Å². The van der Waals surface area contributed by atoms with Crippen molar-refractivity contribution in [1.82, 2.24) is 4.98 Å². The average molecular weight is 256 g/mol. The Morgan fingerprint density at radius 2 is 2.00 bits per heavy atom. The molecule has 1 aromatic heterocycles. The van der Waals surface area contributed by atoms with Crippen molar-refractivity contribution in [1.29, 1.82) is 0 Å². The van der Waals surface area contributed by atoms with Gasteiger partial charge in [-0.05, 0) is 24.3 Å². The Morgan fingerprint density at radius 1 is 1.29 bits per heavy atom. The van der Waals surface area contributed by atoms with Gasteiger partial charge in [-0.25, -0.2) is 9.37 Å². The molecule has 0 amide bonds. The van der Waals surface area contributed by atoms with E-state index < -0.39 is 0 Å². The number of aromatic nitrogens is 1. The number of hydrogen-bond donors (Lipinski definition) is 0. The van der Waals surface area contributed by atoms with Gasteiger partial charge in [0, 0.05) is 5.56 Å². The highest BCUT2D eigenvalue weighted by molar-refractivity contribution is 9.08. The second-order valence-corrected chi connectivity index (χ2v) is 3.32. The molecular weight excluding hydrogens is 249 g/mol. The van der Waals surface area contributed by atoms with Gasteiger partial charge in [0.2, 0.25) is 5.89 Å². The summed E-state index contributed by atoms with van der Waals surface area (Å²) >= 11 is 3.24. The quantitative estimate of drug-likeness (QED) is 0.770. The van der Waals surface area contributed by atoms with E-state index >= 15 is 0 Å². The van der Waals surface area contributed by atoms with Gasteiger partial charge in [0.05, 0.1) is 11.5 Å². The molecule has 0 aliphatic heterocycles. The first-order chi connectivity index (χ1) is 6.79. The van der Waals surface area contributed by atoms with Crippen LogP contribution in [-0.4, -0.2) is 4.98 Å². The fraction of sp³-hybridized carbons (Fsp3) is 0.100. The minimum Gasteiger partial charge on any atom is -0.440 e. The van der Waals surface area contributed by atoms with Crippen LogP contribution in [0.15, 0.2) is 34.9 Å². The Hall–Kier alpha value is -1.16. The van der Waals surface area contributed by atoms with Crippen LogP contribution in [0.25, 0.3) is 11.3 Å². The van der Waals surface area contributed by atoms with Crippen LogP contribution in [0.5, 0.6) is 0 Å². The van der Waals surface area contributed by atoms with E-state index in [1.54, 1.807) is 18.3 Å². The van der Waals surface area contributed by atoms with Crippen LogP contribution in [-0.2, 0) is 5.33 Å². The van der Waals surface area contributed by atoms with E-state index in [9.17, 15) is 4.39 Å². The Kier molecular flexibility index (Phi) is 2.63. The molecule has 0 atom stereocenters. The summed E-state index contributed by atoms with van der Waals surface area (Å²) in [4.78, 5) is 4.03. The Morgan fingerprint density at radius 3 is 2.57 bits per heavy atom. The van der Waals surface area contributed by atoms with Crippen molar-refractivity contribution in [3.05, 3.63) is 42.2 Å². The van der Waals surface area contributed by atoms with Crippen molar-refractivity contribution >= 4 is 15.9 Å². The lowest BCUT2D eigenvalue weighted by Crippen LogP contribution is -1.75. The third-order valence-electron chi connectivity index (χ3n) is 1.80.